The Hall–Kier alpha value is -4.50. The van der Waals surface area contributed by atoms with Gasteiger partial charge in [0.25, 0.3) is 5.91 Å². The number of thiazole rings is 1. The number of carbonyl (C=O) groups is 2. The summed E-state index contributed by atoms with van der Waals surface area (Å²) >= 11 is 1.33. The fourth-order valence-electron chi connectivity index (χ4n) is 3.64. The molecule has 4 aromatic rings. The summed E-state index contributed by atoms with van der Waals surface area (Å²) in [6, 6.07) is 22.6. The molecule has 5 rings (SSSR count). The van der Waals surface area contributed by atoms with Crippen molar-refractivity contribution in [1.82, 2.24) is 4.98 Å². The summed E-state index contributed by atoms with van der Waals surface area (Å²) in [4.78, 5) is 30.2. The molecule has 0 fully saturated rings. The quantitative estimate of drug-likeness (QED) is 0.235. The molecule has 1 amide bonds. The third-order valence-electron chi connectivity index (χ3n) is 5.61. The van der Waals surface area contributed by atoms with Crippen LogP contribution < -0.4 is 9.75 Å². The number of amides is 1. The minimum absolute atomic E-state index is 0.0684. The first-order chi connectivity index (χ1) is 17.5. The molecule has 1 atom stereocenters. The monoisotopic (exact) mass is 495 g/mol. The molecule has 0 aliphatic carbocycles. The van der Waals surface area contributed by atoms with Crippen molar-refractivity contribution in [2.45, 2.75) is 13.0 Å². The number of carbonyl (C=O) groups excluding carboxylic acids is 2. The lowest BCUT2D eigenvalue weighted by Crippen LogP contribution is -2.29. The van der Waals surface area contributed by atoms with Crippen LogP contribution in [0, 0.1) is 0 Å². The van der Waals surface area contributed by atoms with Crippen LogP contribution in [-0.2, 0) is 4.79 Å². The molecule has 0 bridgehead atoms. The molecule has 3 aromatic carbocycles. The van der Waals surface area contributed by atoms with Crippen molar-refractivity contribution in [2.75, 3.05) is 12.1 Å². The van der Waals surface area contributed by atoms with Crippen LogP contribution in [0.25, 0.3) is 11.3 Å². The van der Waals surface area contributed by atoms with Gasteiger partial charge in [0.2, 0.25) is 5.13 Å². The second-order valence-electron chi connectivity index (χ2n) is 8.00. The van der Waals surface area contributed by atoms with Gasteiger partial charge >= 0.3 is 0 Å². The minimum Gasteiger partial charge on any atom is -0.497 e. The van der Waals surface area contributed by atoms with E-state index in [0.29, 0.717) is 27.7 Å². The van der Waals surface area contributed by atoms with Gasteiger partial charge < -0.3 is 4.74 Å². The minimum atomic E-state index is -0.830. The first-order valence-corrected chi connectivity index (χ1v) is 12.0. The molecule has 2 heterocycles. The molecular weight excluding hydrogens is 474 g/mol. The van der Waals surface area contributed by atoms with Crippen LogP contribution in [0.5, 0.6) is 5.75 Å². The highest BCUT2D eigenvalue weighted by atomic mass is 32.1. The average Bonchev–Trinajstić information content (AvgIpc) is 3.52. The van der Waals surface area contributed by atoms with Gasteiger partial charge in [-0.05, 0) is 55.5 Å². The van der Waals surface area contributed by atoms with E-state index in [1.54, 1.807) is 50.4 Å². The fourth-order valence-corrected chi connectivity index (χ4v) is 4.43. The molecule has 0 saturated heterocycles. The van der Waals surface area contributed by atoms with E-state index in [9.17, 15) is 9.59 Å². The molecule has 1 aliphatic rings. The predicted molar refractivity (Wildman–Crippen MR) is 139 cm³/mol. The predicted octanol–water partition coefficient (Wildman–Crippen LogP) is 5.92. The van der Waals surface area contributed by atoms with E-state index in [1.807, 2.05) is 47.8 Å². The molecule has 9 heteroatoms. The smallest absolute Gasteiger partial charge is 0.282 e. The summed E-state index contributed by atoms with van der Waals surface area (Å²) in [6.07, 6.45) is 0. The number of rotatable bonds is 7. The molecule has 1 aliphatic heterocycles. The van der Waals surface area contributed by atoms with Crippen molar-refractivity contribution in [3.8, 4) is 17.0 Å². The Bertz CT molecular complexity index is 1460. The number of hydrogen-bond acceptors (Lipinski definition) is 8. The van der Waals surface area contributed by atoms with E-state index in [-0.39, 0.29) is 11.7 Å². The molecule has 0 saturated carbocycles. The fraction of sp³-hybridized carbons (Fsp3) is 0.111. The Morgan fingerprint density at radius 2 is 1.67 bits per heavy atom. The van der Waals surface area contributed by atoms with Crippen LogP contribution >= 0.6 is 11.3 Å². The van der Waals surface area contributed by atoms with E-state index in [2.05, 4.69) is 20.3 Å². The largest absolute Gasteiger partial charge is 0.497 e. The third kappa shape index (κ3) is 4.69. The zero-order valence-corrected chi connectivity index (χ0v) is 20.3. The molecule has 0 unspecified atom stereocenters. The SMILES string of the molecule is COc1ccc(-c2csc(N3N=C(C)[C@@H](N=Nc4ccc(C(=O)c5ccccc5)cc4)C3=O)n2)cc1. The van der Waals surface area contributed by atoms with Gasteiger partial charge in [-0.3, -0.25) is 9.59 Å². The van der Waals surface area contributed by atoms with Crippen molar-refractivity contribution >= 4 is 39.6 Å². The zero-order valence-electron chi connectivity index (χ0n) is 19.5. The summed E-state index contributed by atoms with van der Waals surface area (Å²) in [5.41, 5.74) is 3.89. The van der Waals surface area contributed by atoms with Crippen molar-refractivity contribution in [3.05, 3.63) is 95.4 Å². The lowest BCUT2D eigenvalue weighted by Gasteiger charge is -2.08. The lowest BCUT2D eigenvalue weighted by atomic mass is 10.0. The van der Waals surface area contributed by atoms with E-state index in [0.717, 1.165) is 17.0 Å². The zero-order chi connectivity index (χ0) is 25.1. The van der Waals surface area contributed by atoms with Gasteiger partial charge in [-0.1, -0.05) is 30.3 Å². The number of aromatic nitrogens is 1. The maximum Gasteiger partial charge on any atom is 0.282 e. The summed E-state index contributed by atoms with van der Waals surface area (Å²) in [7, 11) is 1.62. The second kappa shape index (κ2) is 10.0. The lowest BCUT2D eigenvalue weighted by molar-refractivity contribution is -0.117. The van der Waals surface area contributed by atoms with Gasteiger partial charge in [-0.2, -0.15) is 20.3 Å². The van der Waals surface area contributed by atoms with E-state index in [1.165, 1.54) is 16.3 Å². The molecular formula is C27H21N5O3S. The highest BCUT2D eigenvalue weighted by Crippen LogP contribution is 2.31. The van der Waals surface area contributed by atoms with Crippen molar-refractivity contribution in [2.24, 2.45) is 15.3 Å². The van der Waals surface area contributed by atoms with Gasteiger partial charge in [0.05, 0.1) is 24.2 Å². The highest BCUT2D eigenvalue weighted by Gasteiger charge is 2.36. The number of nitrogens with zero attached hydrogens (tertiary/aromatic N) is 5. The average molecular weight is 496 g/mol. The second-order valence-corrected chi connectivity index (χ2v) is 8.83. The third-order valence-corrected chi connectivity index (χ3v) is 6.43. The standard InChI is InChI=1S/C27H21N5O3S/c1-17-24(30-29-21-12-8-20(9-13-21)25(33)19-6-4-3-5-7-19)26(34)32(31-17)27-28-23(16-36-27)18-10-14-22(35-2)15-11-18/h3-16,24H,1-2H3/t24-/m1/s1. The first-order valence-electron chi connectivity index (χ1n) is 11.1. The van der Waals surface area contributed by atoms with Crippen molar-refractivity contribution in [3.63, 3.8) is 0 Å². The Labute approximate surface area is 211 Å². The number of benzene rings is 3. The molecule has 36 heavy (non-hydrogen) atoms. The first kappa shape index (κ1) is 23.3. The summed E-state index contributed by atoms with van der Waals surface area (Å²) in [6.45, 7) is 1.74. The van der Waals surface area contributed by atoms with Gasteiger partial charge in [0.15, 0.2) is 11.8 Å². The molecule has 1 aromatic heterocycles. The molecule has 0 N–H and O–H groups in total. The van der Waals surface area contributed by atoms with E-state index in [4.69, 9.17) is 4.74 Å². The van der Waals surface area contributed by atoms with Gasteiger partial charge in [-0.15, -0.1) is 11.3 Å². The van der Waals surface area contributed by atoms with Crippen molar-refractivity contribution in [1.29, 1.82) is 0 Å². The van der Waals surface area contributed by atoms with Gasteiger partial charge in [-0.25, -0.2) is 4.98 Å². The van der Waals surface area contributed by atoms with Crippen LogP contribution in [0.4, 0.5) is 10.8 Å². The van der Waals surface area contributed by atoms with Crippen LogP contribution in [-0.4, -0.2) is 35.5 Å². The maximum absolute atomic E-state index is 13.0. The number of hydrogen-bond donors (Lipinski definition) is 0. The summed E-state index contributed by atoms with van der Waals surface area (Å²) < 4.78 is 5.20. The Balaban J connectivity index is 1.27. The van der Waals surface area contributed by atoms with Crippen LogP contribution in [0.15, 0.2) is 99.6 Å². The summed E-state index contributed by atoms with van der Waals surface area (Å²) in [5, 5.41) is 16.4. The van der Waals surface area contributed by atoms with Gasteiger partial charge in [0, 0.05) is 22.1 Å². The Morgan fingerprint density at radius 1 is 0.972 bits per heavy atom. The molecule has 8 nitrogen and oxygen atoms in total. The number of hydrazone groups is 1. The number of ether oxygens (including phenoxy) is 1. The number of ketones is 1. The molecule has 0 radical (unpaired) electrons. The number of anilines is 1. The van der Waals surface area contributed by atoms with Crippen LogP contribution in [0.1, 0.15) is 22.8 Å². The van der Waals surface area contributed by atoms with Crippen molar-refractivity contribution < 1.29 is 14.3 Å². The highest BCUT2D eigenvalue weighted by molar-refractivity contribution is 7.14. The number of azo groups is 1. The summed E-state index contributed by atoms with van der Waals surface area (Å²) in [5.74, 6) is 0.374. The van der Waals surface area contributed by atoms with Crippen LogP contribution in [0.3, 0.4) is 0 Å². The molecule has 178 valence electrons. The van der Waals surface area contributed by atoms with E-state index < -0.39 is 6.04 Å². The van der Waals surface area contributed by atoms with E-state index >= 15 is 0 Å². The normalized spacial score (nSPS) is 15.4. The Morgan fingerprint density at radius 3 is 2.36 bits per heavy atom. The topological polar surface area (TPSA) is 96.6 Å². The molecule has 0 spiro atoms. The van der Waals surface area contributed by atoms with Gasteiger partial charge in [0.1, 0.15) is 5.75 Å². The van der Waals surface area contributed by atoms with Crippen LogP contribution in [0.2, 0.25) is 0 Å². The Kier molecular flexibility index (Phi) is 6.46. The maximum atomic E-state index is 13.0. The number of methoxy groups -OCH3 is 1.